The maximum absolute atomic E-state index is 15.0. The summed E-state index contributed by atoms with van der Waals surface area (Å²) in [6.07, 6.45) is 2.62. The van der Waals surface area contributed by atoms with Crippen molar-refractivity contribution >= 4 is 18.2 Å². The van der Waals surface area contributed by atoms with E-state index < -0.39 is 42.0 Å². The smallest absolute Gasteiger partial charge is 0.277 e. The van der Waals surface area contributed by atoms with Crippen molar-refractivity contribution < 1.29 is 26.7 Å². The van der Waals surface area contributed by atoms with Crippen molar-refractivity contribution in [3.8, 4) is 11.1 Å². The Morgan fingerprint density at radius 1 is 1.19 bits per heavy atom. The van der Waals surface area contributed by atoms with Crippen molar-refractivity contribution in [1.29, 1.82) is 0 Å². The quantitative estimate of drug-likeness (QED) is 0.348. The van der Waals surface area contributed by atoms with Crippen molar-refractivity contribution in [3.63, 3.8) is 0 Å². The topological polar surface area (TPSA) is 32.3 Å². The summed E-state index contributed by atoms with van der Waals surface area (Å²) in [4.78, 5) is 11.0. The van der Waals surface area contributed by atoms with E-state index in [4.69, 9.17) is 0 Å². The van der Waals surface area contributed by atoms with E-state index in [0.717, 1.165) is 30.4 Å². The summed E-state index contributed by atoms with van der Waals surface area (Å²) >= 11 is 1.09. The lowest BCUT2D eigenvalue weighted by Crippen LogP contribution is -2.46. The normalized spacial score (nSPS) is 20.2. The van der Waals surface area contributed by atoms with Gasteiger partial charge in [0.05, 0.1) is 12.6 Å². The third-order valence-electron chi connectivity index (χ3n) is 5.06. The van der Waals surface area contributed by atoms with Crippen molar-refractivity contribution in [2.24, 2.45) is 5.92 Å². The highest BCUT2D eigenvalue weighted by Crippen LogP contribution is 2.35. The molecule has 3 rings (SSSR count). The second-order valence-electron chi connectivity index (χ2n) is 8.06. The van der Waals surface area contributed by atoms with Crippen molar-refractivity contribution in [3.05, 3.63) is 59.4 Å². The van der Waals surface area contributed by atoms with Crippen LogP contribution in [-0.2, 0) is 11.2 Å². The van der Waals surface area contributed by atoms with Crippen LogP contribution in [0.25, 0.3) is 11.1 Å². The van der Waals surface area contributed by atoms with Crippen LogP contribution in [0.5, 0.6) is 0 Å². The Hall–Kier alpha value is -1.97. The van der Waals surface area contributed by atoms with Crippen molar-refractivity contribution in [1.82, 2.24) is 9.62 Å². The van der Waals surface area contributed by atoms with Gasteiger partial charge in [0, 0.05) is 23.6 Å². The molecular weight excluding hydrogens is 447 g/mol. The molecule has 2 unspecified atom stereocenters. The Kier molecular flexibility index (Phi) is 9.24. The highest BCUT2D eigenvalue weighted by molar-refractivity contribution is 7.96. The van der Waals surface area contributed by atoms with Gasteiger partial charge < -0.3 is 4.79 Å². The van der Waals surface area contributed by atoms with Crippen LogP contribution in [0.15, 0.2) is 36.4 Å². The molecule has 0 spiro atoms. The van der Waals surface area contributed by atoms with E-state index in [1.807, 2.05) is 13.8 Å². The molecule has 1 fully saturated rings. The van der Waals surface area contributed by atoms with E-state index in [-0.39, 0.29) is 29.0 Å². The van der Waals surface area contributed by atoms with Crippen LogP contribution < -0.4 is 4.72 Å². The third kappa shape index (κ3) is 6.52. The van der Waals surface area contributed by atoms with Gasteiger partial charge in [0.1, 0.15) is 23.7 Å². The number of benzene rings is 2. The maximum atomic E-state index is 15.0. The van der Waals surface area contributed by atoms with Gasteiger partial charge in [0.15, 0.2) is 0 Å². The molecule has 0 saturated carbocycles. The fourth-order valence-electron chi connectivity index (χ4n) is 3.54. The minimum Gasteiger partial charge on any atom is -0.303 e. The van der Waals surface area contributed by atoms with Gasteiger partial charge in [0.2, 0.25) is 0 Å². The van der Waals surface area contributed by atoms with E-state index in [1.165, 1.54) is 17.0 Å². The number of alkyl halides is 2. The average molecular weight is 475 g/mol. The van der Waals surface area contributed by atoms with Gasteiger partial charge in [-0.25, -0.2) is 22.0 Å². The monoisotopic (exact) mass is 474 g/mol. The fraction of sp³-hybridized carbons (Fsp3) is 0.435. The van der Waals surface area contributed by atoms with Crippen LogP contribution in [0.4, 0.5) is 22.0 Å². The Bertz CT molecular complexity index is 905. The summed E-state index contributed by atoms with van der Waals surface area (Å²) in [5.41, 5.74) is 0.322. The first kappa shape index (κ1) is 26.3. The Labute approximate surface area is 189 Å². The Morgan fingerprint density at radius 3 is 2.31 bits per heavy atom. The molecule has 9 heteroatoms. The van der Waals surface area contributed by atoms with Gasteiger partial charge >= 0.3 is 0 Å². The average Bonchev–Trinajstić information content (AvgIpc) is 2.91. The second-order valence-corrected chi connectivity index (χ2v) is 8.71. The molecule has 2 atom stereocenters. The molecule has 0 aliphatic carbocycles. The van der Waals surface area contributed by atoms with Gasteiger partial charge in [0.25, 0.3) is 5.92 Å². The molecule has 0 radical (unpaired) electrons. The van der Waals surface area contributed by atoms with Crippen LogP contribution in [0.3, 0.4) is 0 Å². The number of rotatable bonds is 6. The van der Waals surface area contributed by atoms with Gasteiger partial charge in [-0.05, 0) is 43.0 Å². The van der Waals surface area contributed by atoms with E-state index >= 15 is 4.39 Å². The standard InChI is InChI=1S/C19H19F5N2S.C4H8O/c1-26-10-19(23,24)18(25-27-2)16(26)8-11-4-3-5-15(17(11)22)12-6-13(20)9-14(21)7-12;1-4(2)3-5/h3-7,9,16,18,25H,8,10H2,1-2H3;3-4H,1-2H3. The summed E-state index contributed by atoms with van der Waals surface area (Å²) in [5.74, 6) is -5.02. The molecule has 3 nitrogen and oxygen atoms in total. The number of aldehydes is 1. The minimum atomic E-state index is -2.94. The molecule has 0 amide bonds. The van der Waals surface area contributed by atoms with E-state index in [2.05, 4.69) is 4.72 Å². The van der Waals surface area contributed by atoms with Gasteiger partial charge in [-0.15, -0.1) is 0 Å². The number of halogens is 5. The first-order chi connectivity index (χ1) is 15.0. The summed E-state index contributed by atoms with van der Waals surface area (Å²) in [6.45, 7) is 3.28. The molecule has 176 valence electrons. The summed E-state index contributed by atoms with van der Waals surface area (Å²) in [7, 11) is 1.57. The first-order valence-electron chi connectivity index (χ1n) is 10.1. The van der Waals surface area contributed by atoms with E-state index in [1.54, 1.807) is 19.4 Å². The van der Waals surface area contributed by atoms with Crippen LogP contribution in [0, 0.1) is 23.4 Å². The molecule has 2 aromatic carbocycles. The highest BCUT2D eigenvalue weighted by atomic mass is 32.2. The number of carbonyl (C=O) groups is 1. The summed E-state index contributed by atoms with van der Waals surface area (Å²) < 4.78 is 73.2. The van der Waals surface area contributed by atoms with E-state index in [9.17, 15) is 22.4 Å². The molecule has 1 N–H and O–H groups in total. The number of nitrogens with zero attached hydrogens (tertiary/aromatic N) is 1. The molecule has 1 heterocycles. The SMILES string of the molecule is CC(C)C=O.CSNC1C(Cc2cccc(-c3cc(F)cc(F)c3)c2F)N(C)CC1(F)F. The van der Waals surface area contributed by atoms with Crippen LogP contribution >= 0.6 is 11.9 Å². The zero-order valence-electron chi connectivity index (χ0n) is 18.3. The molecule has 1 aliphatic heterocycles. The predicted octanol–water partition coefficient (Wildman–Crippen LogP) is 5.34. The first-order valence-corrected chi connectivity index (χ1v) is 11.3. The second kappa shape index (κ2) is 11.2. The summed E-state index contributed by atoms with van der Waals surface area (Å²) in [5, 5.41) is 0. The highest BCUT2D eigenvalue weighted by Gasteiger charge is 2.53. The van der Waals surface area contributed by atoms with Crippen LogP contribution in [0.1, 0.15) is 19.4 Å². The summed E-state index contributed by atoms with van der Waals surface area (Å²) in [6, 6.07) is 5.51. The molecule has 1 saturated heterocycles. The molecule has 0 aromatic heterocycles. The molecule has 1 aliphatic rings. The molecule has 0 bridgehead atoms. The minimum absolute atomic E-state index is 0.0349. The number of carbonyl (C=O) groups excluding carboxylic acids is 1. The zero-order valence-corrected chi connectivity index (χ0v) is 19.2. The number of hydrogen-bond donors (Lipinski definition) is 1. The molecule has 32 heavy (non-hydrogen) atoms. The lowest BCUT2D eigenvalue weighted by Gasteiger charge is -2.26. The number of likely N-dealkylation sites (N-methyl/N-ethyl adjacent to an activating group) is 1. The van der Waals surface area contributed by atoms with Crippen molar-refractivity contribution in [2.75, 3.05) is 19.8 Å². The number of likely N-dealkylation sites (tertiary alicyclic amines) is 1. The number of hydrogen-bond acceptors (Lipinski definition) is 4. The third-order valence-corrected chi connectivity index (χ3v) is 5.55. The van der Waals surface area contributed by atoms with E-state index in [0.29, 0.717) is 6.07 Å². The number of nitrogens with one attached hydrogen (secondary N) is 1. The maximum Gasteiger partial charge on any atom is 0.277 e. The largest absolute Gasteiger partial charge is 0.303 e. The zero-order chi connectivity index (χ0) is 24.1. The van der Waals surface area contributed by atoms with Gasteiger partial charge in [-0.2, -0.15) is 0 Å². The Morgan fingerprint density at radius 2 is 1.78 bits per heavy atom. The van der Waals surface area contributed by atoms with Crippen molar-refractivity contribution in [2.45, 2.75) is 38.3 Å². The lowest BCUT2D eigenvalue weighted by atomic mass is 9.95. The van der Waals surface area contributed by atoms with Crippen LogP contribution in [0.2, 0.25) is 0 Å². The molecular formula is C23H27F5N2OS. The lowest BCUT2D eigenvalue weighted by molar-refractivity contribution is -0.110. The Balaban J connectivity index is 0.000000654. The van der Waals surface area contributed by atoms with Gasteiger partial charge in [-0.3, -0.25) is 9.62 Å². The molecule has 2 aromatic rings. The van der Waals surface area contributed by atoms with Gasteiger partial charge in [-0.1, -0.05) is 44.0 Å². The van der Waals surface area contributed by atoms with Crippen LogP contribution in [-0.4, -0.2) is 49.0 Å². The predicted molar refractivity (Wildman–Crippen MR) is 118 cm³/mol. The fourth-order valence-corrected chi connectivity index (χ4v) is 4.13.